The van der Waals surface area contributed by atoms with E-state index in [0.717, 1.165) is 24.1 Å². The zero-order valence-corrected chi connectivity index (χ0v) is 24.7. The molecule has 0 spiro atoms. The van der Waals surface area contributed by atoms with Crippen LogP contribution < -0.4 is 15.9 Å². The molecule has 2 N–H and O–H groups in total. The molecule has 0 aliphatic heterocycles. The molecule has 0 radical (unpaired) electrons. The molecule has 39 heavy (non-hydrogen) atoms. The van der Waals surface area contributed by atoms with Crippen molar-refractivity contribution in [2.75, 3.05) is 6.61 Å². The van der Waals surface area contributed by atoms with Crippen LogP contribution in [0.4, 0.5) is 0 Å². The zero-order chi connectivity index (χ0) is 29.4. The summed E-state index contributed by atoms with van der Waals surface area (Å²) in [6, 6.07) is 4.73. The van der Waals surface area contributed by atoms with E-state index in [0.29, 0.717) is 23.3 Å². The number of ether oxygens (including phenoxy) is 1. The van der Waals surface area contributed by atoms with Gasteiger partial charge in [-0.3, -0.25) is 18.7 Å². The van der Waals surface area contributed by atoms with Crippen molar-refractivity contribution in [1.29, 1.82) is 0 Å². The number of pyridine rings is 1. The third kappa shape index (κ3) is 6.77. The van der Waals surface area contributed by atoms with Crippen LogP contribution in [0.25, 0.3) is 22.0 Å². The van der Waals surface area contributed by atoms with Gasteiger partial charge in [-0.15, -0.1) is 0 Å². The predicted octanol–water partition coefficient (Wildman–Crippen LogP) is 5.21. The maximum Gasteiger partial charge on any atom is 0.394 e. The normalized spacial score (nSPS) is 13.8. The molecule has 10 nitrogen and oxygen atoms in total. The summed E-state index contributed by atoms with van der Waals surface area (Å²) >= 11 is 0. The number of hydrogen-bond acceptors (Lipinski definition) is 6. The average molecular weight is 562 g/mol. The number of rotatable bonds is 7. The molecule has 214 valence electrons. The fourth-order valence-corrected chi connectivity index (χ4v) is 4.73. The molecule has 0 atom stereocenters. The van der Waals surface area contributed by atoms with Gasteiger partial charge < -0.3 is 9.30 Å². The Kier molecular flexibility index (Phi) is 9.09. The number of fused-ring (bicyclic) bond motifs is 1. The molecule has 1 saturated carbocycles. The fraction of sp³-hybridized carbons (Fsp3) is 0.536. The SMILES string of the molecule is CCOc1c(=O)n(C2CC2)cc2c(-c3c(C(C)C)cc(C(C)C)cc3C(C)C)nn(C)c(=O)c12.O=S(=O)(O)O. The van der Waals surface area contributed by atoms with Gasteiger partial charge in [0.25, 0.3) is 11.1 Å². The number of hydrogen-bond donors (Lipinski definition) is 2. The lowest BCUT2D eigenvalue weighted by Crippen LogP contribution is -2.28. The van der Waals surface area contributed by atoms with Gasteiger partial charge in [-0.1, -0.05) is 53.7 Å². The quantitative estimate of drug-likeness (QED) is 0.375. The molecule has 0 unspecified atom stereocenters. The lowest BCUT2D eigenvalue weighted by molar-refractivity contribution is 0.336. The second-order valence-electron chi connectivity index (χ2n) is 10.9. The van der Waals surface area contributed by atoms with Gasteiger partial charge in [-0.05, 0) is 54.2 Å². The van der Waals surface area contributed by atoms with Gasteiger partial charge in [0, 0.05) is 30.2 Å². The second kappa shape index (κ2) is 11.6. The lowest BCUT2D eigenvalue weighted by atomic mass is 9.82. The minimum absolute atomic E-state index is 0.146. The van der Waals surface area contributed by atoms with Crippen molar-refractivity contribution in [1.82, 2.24) is 14.3 Å². The molecule has 0 saturated heterocycles. The minimum atomic E-state index is -4.67. The highest BCUT2D eigenvalue weighted by Crippen LogP contribution is 2.41. The van der Waals surface area contributed by atoms with E-state index in [2.05, 4.69) is 53.7 Å². The Bertz CT molecular complexity index is 1560. The maximum absolute atomic E-state index is 13.3. The van der Waals surface area contributed by atoms with Crippen LogP contribution in [0.5, 0.6) is 5.75 Å². The third-order valence-electron chi connectivity index (χ3n) is 6.80. The number of benzene rings is 1. The predicted molar refractivity (Wildman–Crippen MR) is 153 cm³/mol. The van der Waals surface area contributed by atoms with Gasteiger partial charge in [0.05, 0.1) is 6.61 Å². The molecule has 1 aliphatic carbocycles. The summed E-state index contributed by atoms with van der Waals surface area (Å²) in [5.41, 5.74) is 5.00. The number of nitrogens with zero attached hydrogens (tertiary/aromatic N) is 3. The van der Waals surface area contributed by atoms with Crippen molar-refractivity contribution in [3.63, 3.8) is 0 Å². The summed E-state index contributed by atoms with van der Waals surface area (Å²) in [6.45, 7) is 15.4. The van der Waals surface area contributed by atoms with E-state index < -0.39 is 10.4 Å². The van der Waals surface area contributed by atoms with Crippen molar-refractivity contribution < 1.29 is 22.3 Å². The molecule has 2 heterocycles. The van der Waals surface area contributed by atoms with E-state index in [4.69, 9.17) is 27.4 Å². The van der Waals surface area contributed by atoms with Crippen LogP contribution in [0.1, 0.15) is 102 Å². The summed E-state index contributed by atoms with van der Waals surface area (Å²) in [6.07, 6.45) is 3.77. The van der Waals surface area contributed by atoms with Crippen LogP contribution in [0.2, 0.25) is 0 Å². The molecule has 1 aromatic carbocycles. The van der Waals surface area contributed by atoms with Crippen molar-refractivity contribution in [2.45, 2.75) is 85.1 Å². The van der Waals surface area contributed by atoms with E-state index in [1.54, 1.807) is 11.6 Å². The van der Waals surface area contributed by atoms with Crippen molar-refractivity contribution >= 4 is 21.2 Å². The van der Waals surface area contributed by atoms with E-state index in [-0.39, 0.29) is 34.7 Å². The van der Waals surface area contributed by atoms with E-state index in [9.17, 15) is 9.59 Å². The molecular formula is C28H39N3O7S. The van der Waals surface area contributed by atoms with Crippen molar-refractivity contribution in [3.8, 4) is 17.0 Å². The second-order valence-corrected chi connectivity index (χ2v) is 11.8. The first-order valence-corrected chi connectivity index (χ1v) is 14.6. The topological polar surface area (TPSA) is 141 Å². The summed E-state index contributed by atoms with van der Waals surface area (Å²) < 4.78 is 40.5. The van der Waals surface area contributed by atoms with Crippen LogP contribution in [0, 0.1) is 0 Å². The summed E-state index contributed by atoms with van der Waals surface area (Å²) in [7, 11) is -3.01. The Balaban J connectivity index is 0.000000771. The maximum atomic E-state index is 13.3. The first-order chi connectivity index (χ1) is 18.1. The Morgan fingerprint density at radius 3 is 1.90 bits per heavy atom. The summed E-state index contributed by atoms with van der Waals surface area (Å²) in [5, 5.41) is 5.84. The Labute approximate surface area is 229 Å². The van der Waals surface area contributed by atoms with E-state index >= 15 is 0 Å². The summed E-state index contributed by atoms with van der Waals surface area (Å²) in [4.78, 5) is 26.6. The highest BCUT2D eigenvalue weighted by molar-refractivity contribution is 7.79. The molecule has 0 bridgehead atoms. The Morgan fingerprint density at radius 2 is 1.49 bits per heavy atom. The van der Waals surface area contributed by atoms with Gasteiger partial charge in [-0.25, -0.2) is 4.68 Å². The molecule has 1 aliphatic rings. The Morgan fingerprint density at radius 1 is 0.974 bits per heavy atom. The monoisotopic (exact) mass is 561 g/mol. The largest absolute Gasteiger partial charge is 0.488 e. The van der Waals surface area contributed by atoms with Gasteiger partial charge in [-0.2, -0.15) is 13.5 Å². The van der Waals surface area contributed by atoms with Crippen LogP contribution >= 0.6 is 0 Å². The standard InChI is InChI=1S/C28H37N3O3.H2O4S/c1-9-34-26-24-22(14-31(28(26)33)19-10-11-19)25(29-30(8)27(24)32)23-20(16(4)5)12-18(15(2)3)13-21(23)17(6)7;1-5(2,3)4/h12-17,19H,9-11H2,1-8H3;(H2,1,2,3,4). The summed E-state index contributed by atoms with van der Waals surface area (Å²) in [5.74, 6) is 1.08. The zero-order valence-electron chi connectivity index (χ0n) is 23.8. The number of aryl methyl sites for hydroxylation is 1. The molecule has 0 amide bonds. The van der Waals surface area contributed by atoms with Crippen molar-refractivity contribution in [2.24, 2.45) is 7.05 Å². The van der Waals surface area contributed by atoms with E-state index in [1.165, 1.54) is 21.4 Å². The van der Waals surface area contributed by atoms with Crippen LogP contribution in [-0.2, 0) is 17.4 Å². The van der Waals surface area contributed by atoms with Gasteiger partial charge in [0.15, 0.2) is 5.75 Å². The van der Waals surface area contributed by atoms with Gasteiger partial charge in [0.2, 0.25) is 0 Å². The van der Waals surface area contributed by atoms with Crippen LogP contribution in [0.3, 0.4) is 0 Å². The molecule has 1 fully saturated rings. The molecule has 11 heteroatoms. The first-order valence-electron chi connectivity index (χ1n) is 13.2. The fourth-order valence-electron chi connectivity index (χ4n) is 4.73. The first kappa shape index (κ1) is 30.5. The van der Waals surface area contributed by atoms with Gasteiger partial charge in [0.1, 0.15) is 11.1 Å². The highest BCUT2D eigenvalue weighted by Gasteiger charge is 2.30. The average Bonchev–Trinajstić information content (AvgIpc) is 3.66. The van der Waals surface area contributed by atoms with Crippen molar-refractivity contribution in [3.05, 3.63) is 55.7 Å². The molecule has 2 aromatic heterocycles. The molecule has 4 rings (SSSR count). The molecule has 3 aromatic rings. The smallest absolute Gasteiger partial charge is 0.394 e. The lowest BCUT2D eigenvalue weighted by Gasteiger charge is -2.24. The number of aromatic nitrogens is 3. The van der Waals surface area contributed by atoms with Gasteiger partial charge >= 0.3 is 10.4 Å². The van der Waals surface area contributed by atoms with E-state index in [1.807, 2.05) is 13.1 Å². The highest BCUT2D eigenvalue weighted by atomic mass is 32.3. The third-order valence-corrected chi connectivity index (χ3v) is 6.80. The Hall–Kier alpha value is -3.02. The van der Waals surface area contributed by atoms with Crippen LogP contribution in [0.15, 0.2) is 27.9 Å². The molecular weight excluding hydrogens is 522 g/mol. The van der Waals surface area contributed by atoms with Crippen LogP contribution in [-0.4, -0.2) is 38.5 Å². The minimum Gasteiger partial charge on any atom is -0.488 e.